The van der Waals surface area contributed by atoms with Gasteiger partial charge in [-0.05, 0) is 78.5 Å². The van der Waals surface area contributed by atoms with Crippen molar-refractivity contribution in [2.75, 3.05) is 13.7 Å². The number of carbonyl (C=O) groups is 5. The third kappa shape index (κ3) is 11.3. The molecule has 0 spiro atoms. The number of sulfonamides is 1. The largest absolute Gasteiger partial charge is 0.497 e. The van der Waals surface area contributed by atoms with Crippen LogP contribution in [0.4, 0.5) is 4.79 Å². The van der Waals surface area contributed by atoms with Crippen molar-refractivity contribution in [1.82, 2.24) is 25.2 Å². The number of hydrogen-bond donors (Lipinski definition) is 3. The van der Waals surface area contributed by atoms with Gasteiger partial charge in [-0.3, -0.25) is 23.9 Å². The van der Waals surface area contributed by atoms with Gasteiger partial charge in [0.2, 0.25) is 21.8 Å². The Hall–Kier alpha value is -5.77. The highest BCUT2D eigenvalue weighted by Gasteiger charge is 2.48. The van der Waals surface area contributed by atoms with Crippen molar-refractivity contribution in [3.05, 3.63) is 78.9 Å². The number of methoxy groups -OCH3 is 1. The number of benzene rings is 2. The first-order chi connectivity index (χ1) is 28.3. The fraction of sp³-hybridized carbons (Fsp3) is 0.455. The molecule has 4 atom stereocenters. The number of nitrogens with one attached hydrogen (secondary N) is 3. The molecule has 4 amide bonds. The first kappa shape index (κ1) is 45.3. The zero-order valence-corrected chi connectivity index (χ0v) is 36.0. The number of ketones is 1. The highest BCUT2D eigenvalue weighted by Crippen LogP contribution is 2.35. The van der Waals surface area contributed by atoms with Crippen molar-refractivity contribution in [3.8, 4) is 22.8 Å². The molecule has 16 heteroatoms. The molecule has 2 heterocycles. The van der Waals surface area contributed by atoms with Crippen LogP contribution in [0.5, 0.6) is 11.5 Å². The minimum Gasteiger partial charge on any atom is -0.497 e. The molecule has 1 aliphatic carbocycles. The van der Waals surface area contributed by atoms with Gasteiger partial charge >= 0.3 is 6.09 Å². The molecule has 2 aromatic carbocycles. The summed E-state index contributed by atoms with van der Waals surface area (Å²) in [6.45, 7) is 13.7. The zero-order chi connectivity index (χ0) is 44.0. The van der Waals surface area contributed by atoms with Crippen molar-refractivity contribution in [2.24, 2.45) is 0 Å². The summed E-state index contributed by atoms with van der Waals surface area (Å²) in [7, 11) is -2.45. The summed E-state index contributed by atoms with van der Waals surface area (Å²) in [5, 5.41) is 5.23. The van der Waals surface area contributed by atoms with Crippen LogP contribution >= 0.6 is 0 Å². The summed E-state index contributed by atoms with van der Waals surface area (Å²) in [4.78, 5) is 74.9. The van der Waals surface area contributed by atoms with E-state index in [1.807, 2.05) is 30.3 Å². The number of hydrogen-bond acceptors (Lipinski definition) is 11. The van der Waals surface area contributed by atoms with Crippen molar-refractivity contribution < 1.29 is 46.6 Å². The predicted octanol–water partition coefficient (Wildman–Crippen LogP) is 5.53. The summed E-state index contributed by atoms with van der Waals surface area (Å²) in [5.74, 6) is -1.76. The molecule has 1 saturated heterocycles. The number of alkyl carbamates (subject to hydrolysis) is 1. The van der Waals surface area contributed by atoms with Crippen molar-refractivity contribution in [2.45, 2.75) is 115 Å². The Morgan fingerprint density at radius 2 is 1.73 bits per heavy atom. The SMILES string of the molecule is C=CC(CC)(NC(=O)C1CC(Oc2cc(-c3ccccc3)nc3cc(OC)ccc23)CN1C(=O)C(CCC(=O)C=C(C)C)NC(=O)OC(C)(C)C)C(=O)NS(=O)(=O)C1CC1. The minimum absolute atomic E-state index is 0.0706. The highest BCUT2D eigenvalue weighted by molar-refractivity contribution is 7.91. The summed E-state index contributed by atoms with van der Waals surface area (Å²) in [5.41, 5.74) is -0.0503. The van der Waals surface area contributed by atoms with Gasteiger partial charge in [0.1, 0.15) is 40.8 Å². The van der Waals surface area contributed by atoms with E-state index in [2.05, 4.69) is 21.9 Å². The third-order valence-electron chi connectivity index (χ3n) is 10.2. The second-order valence-electron chi connectivity index (χ2n) is 16.4. The molecule has 0 radical (unpaired) electrons. The quantitative estimate of drug-likeness (QED) is 0.114. The number of fused-ring (bicyclic) bond motifs is 1. The molecule has 0 bridgehead atoms. The van der Waals surface area contributed by atoms with E-state index in [1.165, 1.54) is 17.1 Å². The monoisotopic (exact) mass is 845 g/mol. The number of allylic oxidation sites excluding steroid dienone is 2. The average Bonchev–Trinajstić information content (AvgIpc) is 3.98. The maximum absolute atomic E-state index is 14.7. The van der Waals surface area contributed by atoms with E-state index in [0.717, 1.165) is 11.1 Å². The number of pyridine rings is 1. The van der Waals surface area contributed by atoms with Crippen LogP contribution in [-0.2, 0) is 33.9 Å². The molecular weight excluding hydrogens is 791 g/mol. The molecule has 3 aromatic rings. The van der Waals surface area contributed by atoms with E-state index < -0.39 is 68.4 Å². The Bertz CT molecular complexity index is 2270. The van der Waals surface area contributed by atoms with E-state index in [9.17, 15) is 32.4 Å². The first-order valence-corrected chi connectivity index (χ1v) is 21.5. The minimum atomic E-state index is -4.00. The molecule has 322 valence electrons. The molecule has 4 unspecified atom stereocenters. The van der Waals surface area contributed by atoms with E-state index >= 15 is 0 Å². The lowest BCUT2D eigenvalue weighted by Crippen LogP contribution is -2.62. The van der Waals surface area contributed by atoms with Crippen LogP contribution in [0.1, 0.15) is 80.1 Å². The summed E-state index contributed by atoms with van der Waals surface area (Å²) >= 11 is 0. The lowest BCUT2D eigenvalue weighted by atomic mass is 9.94. The molecule has 2 fully saturated rings. The van der Waals surface area contributed by atoms with Crippen LogP contribution < -0.4 is 24.8 Å². The van der Waals surface area contributed by atoms with E-state index in [4.69, 9.17) is 19.2 Å². The second-order valence-corrected chi connectivity index (χ2v) is 18.3. The smallest absolute Gasteiger partial charge is 0.408 e. The van der Waals surface area contributed by atoms with Gasteiger partial charge in [0, 0.05) is 35.9 Å². The number of nitrogens with zero attached hydrogens (tertiary/aromatic N) is 2. The third-order valence-corrected chi connectivity index (χ3v) is 12.0. The molecule has 3 N–H and O–H groups in total. The van der Waals surface area contributed by atoms with Gasteiger partial charge in [0.25, 0.3) is 5.91 Å². The molecule has 2 aliphatic rings. The van der Waals surface area contributed by atoms with Gasteiger partial charge in [-0.2, -0.15) is 0 Å². The average molecular weight is 846 g/mol. The lowest BCUT2D eigenvalue weighted by molar-refractivity contribution is -0.141. The Labute approximate surface area is 351 Å². The van der Waals surface area contributed by atoms with E-state index in [0.29, 0.717) is 40.9 Å². The Balaban J connectivity index is 1.53. The molecule has 60 heavy (non-hydrogen) atoms. The number of ether oxygens (including phenoxy) is 3. The van der Waals surface area contributed by atoms with E-state index in [-0.39, 0.29) is 38.0 Å². The molecule has 1 aromatic heterocycles. The lowest BCUT2D eigenvalue weighted by Gasteiger charge is -2.33. The molecular formula is C44H55N5O10S. The highest BCUT2D eigenvalue weighted by atomic mass is 32.2. The summed E-state index contributed by atoms with van der Waals surface area (Å²) < 4.78 is 45.3. The van der Waals surface area contributed by atoms with Gasteiger partial charge in [-0.15, -0.1) is 6.58 Å². The molecule has 5 rings (SSSR count). The van der Waals surface area contributed by atoms with Gasteiger partial charge in [0.05, 0.1) is 30.1 Å². The number of amides is 4. The van der Waals surface area contributed by atoms with Crippen molar-refractivity contribution >= 4 is 50.5 Å². The Kier molecular flexibility index (Phi) is 14.1. The molecule has 15 nitrogen and oxygen atoms in total. The van der Waals surface area contributed by atoms with Crippen molar-refractivity contribution in [3.63, 3.8) is 0 Å². The zero-order valence-electron chi connectivity index (χ0n) is 35.2. The Morgan fingerprint density at radius 3 is 2.33 bits per heavy atom. The van der Waals surface area contributed by atoms with Crippen LogP contribution in [-0.4, -0.2) is 96.1 Å². The molecule has 1 saturated carbocycles. The topological polar surface area (TPSA) is 199 Å². The van der Waals surface area contributed by atoms with Crippen LogP contribution in [0.15, 0.2) is 78.9 Å². The summed E-state index contributed by atoms with van der Waals surface area (Å²) in [6, 6.07) is 14.0. The standard InChI is InChI=1S/C44H55N5O10S/c1-9-44(10-2,41(53)48-60(55,56)32-18-19-32)47-39(51)37-24-31(26-49(37)40(52)34(21-16-29(50)22-27(3)4)46-42(54)59-43(5,6)7)58-38-25-35(28-14-12-11-13-15-28)45-36-23-30(57-8)17-20-33(36)38/h9,11-15,17,20,22-23,25,31-32,34,37H,1,10,16,18-19,21,24,26H2,2-8H3,(H,46,54)(H,47,51)(H,48,53). The van der Waals surface area contributed by atoms with Crippen LogP contribution in [0, 0.1) is 0 Å². The number of carbonyl (C=O) groups excluding carboxylic acids is 5. The van der Waals surface area contributed by atoms with Gasteiger partial charge in [-0.1, -0.05) is 48.9 Å². The fourth-order valence-corrected chi connectivity index (χ4v) is 8.24. The van der Waals surface area contributed by atoms with Gasteiger partial charge < -0.3 is 29.7 Å². The van der Waals surface area contributed by atoms with Crippen molar-refractivity contribution in [1.29, 1.82) is 0 Å². The summed E-state index contributed by atoms with van der Waals surface area (Å²) in [6.07, 6.45) is 1.33. The van der Waals surface area contributed by atoms with Crippen LogP contribution in [0.2, 0.25) is 0 Å². The van der Waals surface area contributed by atoms with Gasteiger partial charge in [0.15, 0.2) is 5.78 Å². The Morgan fingerprint density at radius 1 is 1.03 bits per heavy atom. The maximum atomic E-state index is 14.7. The number of aromatic nitrogens is 1. The first-order valence-electron chi connectivity index (χ1n) is 20.0. The fourth-order valence-electron chi connectivity index (χ4n) is 6.88. The van der Waals surface area contributed by atoms with Crippen LogP contribution in [0.25, 0.3) is 22.2 Å². The predicted molar refractivity (Wildman–Crippen MR) is 227 cm³/mol. The number of rotatable bonds is 17. The maximum Gasteiger partial charge on any atom is 0.408 e. The number of likely N-dealkylation sites (tertiary alicyclic amines) is 1. The van der Waals surface area contributed by atoms with E-state index in [1.54, 1.807) is 72.9 Å². The second kappa shape index (κ2) is 18.7. The van der Waals surface area contributed by atoms with Crippen LogP contribution in [0.3, 0.4) is 0 Å². The molecule has 1 aliphatic heterocycles. The van der Waals surface area contributed by atoms with Gasteiger partial charge in [-0.25, -0.2) is 18.2 Å². The normalized spacial score (nSPS) is 18.0.